The third-order valence-electron chi connectivity index (χ3n) is 3.19. The van der Waals surface area contributed by atoms with Crippen molar-refractivity contribution in [3.8, 4) is 0 Å². The number of carbonyl (C=O) groups is 2. The van der Waals surface area contributed by atoms with Gasteiger partial charge in [-0.25, -0.2) is 0 Å². The SMILES string of the molecule is O=C1CCCCC(C(=O)NC/C=C/c2cccnc2)N1. The van der Waals surface area contributed by atoms with Crippen molar-refractivity contribution in [2.24, 2.45) is 0 Å². The van der Waals surface area contributed by atoms with E-state index in [-0.39, 0.29) is 11.8 Å². The Balaban J connectivity index is 1.77. The van der Waals surface area contributed by atoms with E-state index in [1.54, 1.807) is 12.4 Å². The maximum atomic E-state index is 11.9. The Kier molecular flexibility index (Phi) is 5.29. The molecule has 20 heavy (non-hydrogen) atoms. The number of carbonyl (C=O) groups excluding carboxylic acids is 2. The summed E-state index contributed by atoms with van der Waals surface area (Å²) in [6.45, 7) is 0.445. The molecular formula is C15H19N3O2. The molecule has 1 aromatic heterocycles. The average Bonchev–Trinajstić information content (AvgIpc) is 2.69. The van der Waals surface area contributed by atoms with Crippen molar-refractivity contribution < 1.29 is 9.59 Å². The van der Waals surface area contributed by atoms with Gasteiger partial charge in [0.15, 0.2) is 0 Å². The molecule has 1 atom stereocenters. The number of hydrogen-bond donors (Lipinski definition) is 2. The van der Waals surface area contributed by atoms with Crippen LogP contribution in [0.1, 0.15) is 31.2 Å². The summed E-state index contributed by atoms with van der Waals surface area (Å²) >= 11 is 0. The molecule has 0 radical (unpaired) electrons. The predicted molar refractivity (Wildman–Crippen MR) is 76.7 cm³/mol. The minimum Gasteiger partial charge on any atom is -0.351 e. The lowest BCUT2D eigenvalue weighted by atomic mass is 10.1. The first-order valence-corrected chi connectivity index (χ1v) is 6.89. The van der Waals surface area contributed by atoms with Crippen LogP contribution in [0.5, 0.6) is 0 Å². The molecule has 2 rings (SSSR count). The van der Waals surface area contributed by atoms with Gasteiger partial charge in [0.05, 0.1) is 0 Å². The Labute approximate surface area is 118 Å². The van der Waals surface area contributed by atoms with Gasteiger partial charge in [-0.2, -0.15) is 0 Å². The molecule has 106 valence electrons. The van der Waals surface area contributed by atoms with E-state index in [1.165, 1.54) is 0 Å². The Morgan fingerprint density at radius 1 is 1.50 bits per heavy atom. The molecule has 2 amide bonds. The first-order chi connectivity index (χ1) is 9.75. The Hall–Kier alpha value is -2.17. The van der Waals surface area contributed by atoms with Crippen LogP contribution in [0.15, 0.2) is 30.6 Å². The smallest absolute Gasteiger partial charge is 0.242 e. The lowest BCUT2D eigenvalue weighted by Gasteiger charge is -2.14. The second kappa shape index (κ2) is 7.43. The Bertz CT molecular complexity index is 485. The van der Waals surface area contributed by atoms with E-state index in [0.29, 0.717) is 19.4 Å². The molecule has 1 aliphatic rings. The fraction of sp³-hybridized carbons (Fsp3) is 0.400. The highest BCUT2D eigenvalue weighted by molar-refractivity contribution is 5.88. The monoisotopic (exact) mass is 273 g/mol. The summed E-state index contributed by atoms with van der Waals surface area (Å²) in [7, 11) is 0. The normalized spacial score (nSPS) is 19.4. The molecule has 5 heteroatoms. The van der Waals surface area contributed by atoms with Crippen LogP contribution >= 0.6 is 0 Å². The lowest BCUT2D eigenvalue weighted by molar-refractivity contribution is -0.128. The summed E-state index contributed by atoms with van der Waals surface area (Å²) in [4.78, 5) is 27.3. The van der Waals surface area contributed by atoms with Crippen LogP contribution in [0, 0.1) is 0 Å². The summed E-state index contributed by atoms with van der Waals surface area (Å²) in [6.07, 6.45) is 10.2. The van der Waals surface area contributed by atoms with E-state index in [4.69, 9.17) is 0 Å². The number of aromatic nitrogens is 1. The molecule has 5 nitrogen and oxygen atoms in total. The molecular weight excluding hydrogens is 254 g/mol. The van der Waals surface area contributed by atoms with Gasteiger partial charge in [0, 0.05) is 25.4 Å². The van der Waals surface area contributed by atoms with Gasteiger partial charge < -0.3 is 10.6 Å². The first-order valence-electron chi connectivity index (χ1n) is 6.89. The zero-order valence-electron chi connectivity index (χ0n) is 11.3. The van der Waals surface area contributed by atoms with Crippen LogP contribution in [-0.4, -0.2) is 29.4 Å². The van der Waals surface area contributed by atoms with Gasteiger partial charge in [-0.15, -0.1) is 0 Å². The quantitative estimate of drug-likeness (QED) is 0.868. The maximum Gasteiger partial charge on any atom is 0.242 e. The van der Waals surface area contributed by atoms with E-state index in [0.717, 1.165) is 18.4 Å². The minimum absolute atomic E-state index is 0.0337. The number of pyridine rings is 1. The van der Waals surface area contributed by atoms with Crippen molar-refractivity contribution in [1.29, 1.82) is 0 Å². The number of nitrogens with one attached hydrogen (secondary N) is 2. The van der Waals surface area contributed by atoms with E-state index in [9.17, 15) is 9.59 Å². The van der Waals surface area contributed by atoms with Gasteiger partial charge >= 0.3 is 0 Å². The molecule has 0 aliphatic carbocycles. The van der Waals surface area contributed by atoms with Crippen LogP contribution in [0.4, 0.5) is 0 Å². The number of nitrogens with zero attached hydrogens (tertiary/aromatic N) is 1. The molecule has 2 heterocycles. The standard InChI is InChI=1S/C15H19N3O2/c19-14-8-2-1-7-13(18-14)15(20)17-10-4-6-12-5-3-9-16-11-12/h3-6,9,11,13H,1-2,7-8,10H2,(H,17,20)(H,18,19)/b6-4+. The van der Waals surface area contributed by atoms with Gasteiger partial charge in [-0.1, -0.05) is 24.6 Å². The van der Waals surface area contributed by atoms with Crippen molar-refractivity contribution in [2.45, 2.75) is 31.7 Å². The van der Waals surface area contributed by atoms with Gasteiger partial charge in [0.2, 0.25) is 11.8 Å². The van der Waals surface area contributed by atoms with Gasteiger partial charge in [-0.05, 0) is 24.5 Å². The summed E-state index contributed by atoms with van der Waals surface area (Å²) in [5, 5.41) is 5.56. The Morgan fingerprint density at radius 2 is 2.40 bits per heavy atom. The molecule has 2 N–H and O–H groups in total. The fourth-order valence-electron chi connectivity index (χ4n) is 2.12. The molecule has 0 aromatic carbocycles. The fourth-order valence-corrected chi connectivity index (χ4v) is 2.12. The maximum absolute atomic E-state index is 11.9. The highest BCUT2D eigenvalue weighted by atomic mass is 16.2. The van der Waals surface area contributed by atoms with Crippen LogP contribution in [0.25, 0.3) is 6.08 Å². The number of rotatable bonds is 4. The molecule has 1 aliphatic heterocycles. The van der Waals surface area contributed by atoms with Crippen LogP contribution in [0.2, 0.25) is 0 Å². The average molecular weight is 273 g/mol. The van der Waals surface area contributed by atoms with E-state index < -0.39 is 6.04 Å². The second-order valence-electron chi connectivity index (χ2n) is 4.80. The largest absolute Gasteiger partial charge is 0.351 e. The highest BCUT2D eigenvalue weighted by Gasteiger charge is 2.22. The van der Waals surface area contributed by atoms with Crippen molar-refractivity contribution in [2.75, 3.05) is 6.54 Å². The summed E-state index contributed by atoms with van der Waals surface area (Å²) in [5.41, 5.74) is 0.990. The second-order valence-corrected chi connectivity index (χ2v) is 4.80. The highest BCUT2D eigenvalue weighted by Crippen LogP contribution is 2.09. The van der Waals surface area contributed by atoms with Crippen molar-refractivity contribution in [1.82, 2.24) is 15.6 Å². The third kappa shape index (κ3) is 4.50. The van der Waals surface area contributed by atoms with E-state index >= 15 is 0 Å². The third-order valence-corrected chi connectivity index (χ3v) is 3.19. The molecule has 0 spiro atoms. The molecule has 1 aromatic rings. The lowest BCUT2D eigenvalue weighted by Crippen LogP contribution is -2.45. The topological polar surface area (TPSA) is 71.1 Å². The van der Waals surface area contributed by atoms with Crippen molar-refractivity contribution >= 4 is 17.9 Å². The first kappa shape index (κ1) is 14.2. The molecule has 1 unspecified atom stereocenters. The van der Waals surface area contributed by atoms with Gasteiger partial charge in [0.1, 0.15) is 6.04 Å². The van der Waals surface area contributed by atoms with Gasteiger partial charge in [0.25, 0.3) is 0 Å². The van der Waals surface area contributed by atoms with Crippen LogP contribution in [-0.2, 0) is 9.59 Å². The number of hydrogen-bond acceptors (Lipinski definition) is 3. The Morgan fingerprint density at radius 3 is 3.20 bits per heavy atom. The molecule has 1 fully saturated rings. The van der Waals surface area contributed by atoms with Gasteiger partial charge in [-0.3, -0.25) is 14.6 Å². The summed E-state index contributed by atoms with van der Waals surface area (Å²) < 4.78 is 0. The number of amides is 2. The predicted octanol–water partition coefficient (Wildman–Crippen LogP) is 1.27. The van der Waals surface area contributed by atoms with Crippen LogP contribution < -0.4 is 10.6 Å². The zero-order chi connectivity index (χ0) is 14.2. The molecule has 0 bridgehead atoms. The van der Waals surface area contributed by atoms with Crippen LogP contribution in [0.3, 0.4) is 0 Å². The zero-order valence-corrected chi connectivity index (χ0v) is 11.3. The van der Waals surface area contributed by atoms with Crippen molar-refractivity contribution in [3.63, 3.8) is 0 Å². The summed E-state index contributed by atoms with van der Waals surface area (Å²) in [5.74, 6) is -0.148. The van der Waals surface area contributed by atoms with E-state index in [2.05, 4.69) is 15.6 Å². The molecule has 0 saturated carbocycles. The minimum atomic E-state index is -0.392. The van der Waals surface area contributed by atoms with Crippen molar-refractivity contribution in [3.05, 3.63) is 36.2 Å². The molecule has 1 saturated heterocycles. The van der Waals surface area contributed by atoms with E-state index in [1.807, 2.05) is 24.3 Å². The summed E-state index contributed by atoms with van der Waals surface area (Å²) in [6, 6.07) is 3.41.